The number of sulfone groups is 1. The number of nitrogens with zero attached hydrogens (tertiary/aromatic N) is 1. The Morgan fingerprint density at radius 1 is 1.50 bits per heavy atom. The SMILES string of the molecule is CCS(=O)(=O)CCN1CCC(CO)C1. The highest BCUT2D eigenvalue weighted by molar-refractivity contribution is 7.91. The van der Waals surface area contributed by atoms with Crippen LogP contribution in [0.1, 0.15) is 13.3 Å². The molecule has 0 aromatic heterocycles. The lowest BCUT2D eigenvalue weighted by Crippen LogP contribution is -2.28. The summed E-state index contributed by atoms with van der Waals surface area (Å²) in [5.74, 6) is 0.825. The minimum absolute atomic E-state index is 0.219. The van der Waals surface area contributed by atoms with Crippen LogP contribution in [0.5, 0.6) is 0 Å². The quantitative estimate of drug-likeness (QED) is 0.694. The minimum atomic E-state index is -2.84. The first-order chi connectivity index (χ1) is 6.57. The first-order valence-corrected chi connectivity index (χ1v) is 6.93. The van der Waals surface area contributed by atoms with Gasteiger partial charge in [0.05, 0.1) is 5.75 Å². The number of hydrogen-bond acceptors (Lipinski definition) is 4. The van der Waals surface area contributed by atoms with Gasteiger partial charge >= 0.3 is 0 Å². The molecular weight excluding hydrogens is 202 g/mol. The number of rotatable bonds is 5. The molecule has 1 heterocycles. The van der Waals surface area contributed by atoms with E-state index in [1.807, 2.05) is 0 Å². The first kappa shape index (κ1) is 11.9. The van der Waals surface area contributed by atoms with Gasteiger partial charge in [-0.2, -0.15) is 0 Å². The Hall–Kier alpha value is -0.130. The maximum absolute atomic E-state index is 11.2. The highest BCUT2D eigenvalue weighted by Gasteiger charge is 2.22. The average Bonchev–Trinajstić information content (AvgIpc) is 2.63. The van der Waals surface area contributed by atoms with Crippen molar-refractivity contribution in [2.45, 2.75) is 13.3 Å². The van der Waals surface area contributed by atoms with E-state index < -0.39 is 9.84 Å². The van der Waals surface area contributed by atoms with E-state index in [1.54, 1.807) is 6.92 Å². The van der Waals surface area contributed by atoms with Gasteiger partial charge in [-0.25, -0.2) is 8.42 Å². The third-order valence-electron chi connectivity index (χ3n) is 2.79. The summed E-state index contributed by atoms with van der Waals surface area (Å²) in [6.07, 6.45) is 0.989. The lowest BCUT2D eigenvalue weighted by atomic mass is 10.1. The molecule has 0 aromatic carbocycles. The fraction of sp³-hybridized carbons (Fsp3) is 1.00. The Bertz CT molecular complexity index is 263. The summed E-state index contributed by atoms with van der Waals surface area (Å²) < 4.78 is 22.5. The molecule has 84 valence electrons. The van der Waals surface area contributed by atoms with E-state index >= 15 is 0 Å². The third kappa shape index (κ3) is 3.55. The largest absolute Gasteiger partial charge is 0.396 e. The van der Waals surface area contributed by atoms with Gasteiger partial charge in [-0.3, -0.25) is 0 Å². The molecule has 1 unspecified atom stereocenters. The van der Waals surface area contributed by atoms with Gasteiger partial charge in [0.2, 0.25) is 0 Å². The molecule has 1 aliphatic heterocycles. The molecule has 0 amide bonds. The fourth-order valence-electron chi connectivity index (χ4n) is 1.68. The van der Waals surface area contributed by atoms with Gasteiger partial charge in [0.1, 0.15) is 0 Å². The lowest BCUT2D eigenvalue weighted by Gasteiger charge is -2.14. The topological polar surface area (TPSA) is 57.6 Å². The van der Waals surface area contributed by atoms with Gasteiger partial charge in [-0.05, 0) is 18.9 Å². The van der Waals surface area contributed by atoms with Crippen molar-refractivity contribution in [2.75, 3.05) is 37.7 Å². The predicted octanol–water partition coefficient (Wildman–Crippen LogP) is -0.265. The summed E-state index contributed by atoms with van der Waals surface area (Å²) in [5, 5.41) is 8.91. The second kappa shape index (κ2) is 5.09. The molecule has 0 radical (unpaired) electrons. The zero-order valence-electron chi connectivity index (χ0n) is 8.65. The summed E-state index contributed by atoms with van der Waals surface area (Å²) >= 11 is 0. The van der Waals surface area contributed by atoms with Crippen LogP contribution in [0, 0.1) is 5.92 Å². The second-order valence-corrected chi connectivity index (χ2v) is 6.35. The molecule has 1 saturated heterocycles. The van der Waals surface area contributed by atoms with E-state index in [-0.39, 0.29) is 18.1 Å². The maximum Gasteiger partial charge on any atom is 0.151 e. The molecule has 0 aromatic rings. The molecule has 1 N–H and O–H groups in total. The van der Waals surface area contributed by atoms with Crippen molar-refractivity contribution in [3.63, 3.8) is 0 Å². The Kier molecular flexibility index (Phi) is 4.34. The predicted molar refractivity (Wildman–Crippen MR) is 56.0 cm³/mol. The molecule has 1 fully saturated rings. The number of likely N-dealkylation sites (tertiary alicyclic amines) is 1. The molecule has 0 saturated carbocycles. The number of aliphatic hydroxyl groups is 1. The van der Waals surface area contributed by atoms with E-state index in [0.717, 1.165) is 19.5 Å². The molecule has 0 aliphatic carbocycles. The minimum Gasteiger partial charge on any atom is -0.396 e. The van der Waals surface area contributed by atoms with Crippen LogP contribution in [0.4, 0.5) is 0 Å². The normalized spacial score (nSPS) is 24.3. The van der Waals surface area contributed by atoms with E-state index in [0.29, 0.717) is 12.5 Å². The van der Waals surface area contributed by atoms with Crippen LogP contribution in [0.25, 0.3) is 0 Å². The summed E-state index contributed by atoms with van der Waals surface area (Å²) in [5.41, 5.74) is 0. The fourth-order valence-corrected chi connectivity index (χ4v) is 2.50. The van der Waals surface area contributed by atoms with Crippen LogP contribution in [0.2, 0.25) is 0 Å². The second-order valence-electron chi connectivity index (χ2n) is 3.87. The molecule has 0 bridgehead atoms. The molecule has 1 aliphatic rings. The highest BCUT2D eigenvalue weighted by Crippen LogP contribution is 2.14. The van der Waals surface area contributed by atoms with Crippen molar-refractivity contribution in [1.82, 2.24) is 4.90 Å². The van der Waals surface area contributed by atoms with Gasteiger partial charge < -0.3 is 10.0 Å². The van der Waals surface area contributed by atoms with Crippen LogP contribution >= 0.6 is 0 Å². The maximum atomic E-state index is 11.2. The van der Waals surface area contributed by atoms with Crippen molar-refractivity contribution < 1.29 is 13.5 Å². The Morgan fingerprint density at radius 3 is 2.71 bits per heavy atom. The van der Waals surface area contributed by atoms with Crippen molar-refractivity contribution in [3.05, 3.63) is 0 Å². The molecule has 14 heavy (non-hydrogen) atoms. The lowest BCUT2D eigenvalue weighted by molar-refractivity contribution is 0.224. The van der Waals surface area contributed by atoms with Gasteiger partial charge in [0, 0.05) is 25.4 Å². The monoisotopic (exact) mass is 221 g/mol. The first-order valence-electron chi connectivity index (χ1n) is 5.11. The van der Waals surface area contributed by atoms with Crippen molar-refractivity contribution >= 4 is 9.84 Å². The van der Waals surface area contributed by atoms with Crippen LogP contribution in [0.15, 0.2) is 0 Å². The summed E-state index contributed by atoms with van der Waals surface area (Å²) in [7, 11) is -2.84. The van der Waals surface area contributed by atoms with Gasteiger partial charge in [0.25, 0.3) is 0 Å². The van der Waals surface area contributed by atoms with Crippen LogP contribution in [-0.4, -0.2) is 56.2 Å². The van der Waals surface area contributed by atoms with Crippen molar-refractivity contribution in [3.8, 4) is 0 Å². The summed E-state index contributed by atoms with van der Waals surface area (Å²) in [6.45, 7) is 4.28. The van der Waals surface area contributed by atoms with Crippen molar-refractivity contribution in [2.24, 2.45) is 5.92 Å². The molecule has 1 atom stereocenters. The number of aliphatic hydroxyl groups excluding tert-OH is 1. The van der Waals surface area contributed by atoms with Crippen molar-refractivity contribution in [1.29, 1.82) is 0 Å². The molecule has 5 heteroatoms. The Balaban J connectivity index is 2.27. The van der Waals surface area contributed by atoms with E-state index in [9.17, 15) is 8.42 Å². The summed E-state index contributed by atoms with van der Waals surface area (Å²) in [6, 6.07) is 0. The third-order valence-corrected chi connectivity index (χ3v) is 4.47. The highest BCUT2D eigenvalue weighted by atomic mass is 32.2. The standard InChI is InChI=1S/C9H19NO3S/c1-2-14(12,13)6-5-10-4-3-9(7-10)8-11/h9,11H,2-8H2,1H3. The Morgan fingerprint density at radius 2 is 2.21 bits per heavy atom. The van der Waals surface area contributed by atoms with Gasteiger partial charge in [-0.1, -0.05) is 6.92 Å². The van der Waals surface area contributed by atoms with Crippen LogP contribution < -0.4 is 0 Å². The van der Waals surface area contributed by atoms with Crippen LogP contribution in [0.3, 0.4) is 0 Å². The van der Waals surface area contributed by atoms with Crippen LogP contribution in [-0.2, 0) is 9.84 Å². The molecular formula is C9H19NO3S. The summed E-state index contributed by atoms with van der Waals surface area (Å²) in [4.78, 5) is 2.12. The average molecular weight is 221 g/mol. The van der Waals surface area contributed by atoms with Gasteiger partial charge in [-0.15, -0.1) is 0 Å². The molecule has 1 rings (SSSR count). The van der Waals surface area contributed by atoms with E-state index in [2.05, 4.69) is 4.90 Å². The van der Waals surface area contributed by atoms with Gasteiger partial charge in [0.15, 0.2) is 9.84 Å². The van der Waals surface area contributed by atoms with E-state index in [1.165, 1.54) is 0 Å². The zero-order valence-corrected chi connectivity index (χ0v) is 9.46. The molecule has 0 spiro atoms. The smallest absolute Gasteiger partial charge is 0.151 e. The Labute approximate surface area is 85.8 Å². The zero-order chi connectivity index (χ0) is 10.6. The molecule has 4 nitrogen and oxygen atoms in total. The number of hydrogen-bond donors (Lipinski definition) is 1. The van der Waals surface area contributed by atoms with E-state index in [4.69, 9.17) is 5.11 Å².